The van der Waals surface area contributed by atoms with E-state index in [0.29, 0.717) is 12.0 Å². The molecule has 2 rings (SSSR count). The predicted octanol–water partition coefficient (Wildman–Crippen LogP) is 5.13. The lowest BCUT2D eigenvalue weighted by Gasteiger charge is -2.13. The van der Waals surface area contributed by atoms with Crippen molar-refractivity contribution < 1.29 is 14.6 Å². The lowest BCUT2D eigenvalue weighted by Crippen LogP contribution is -2.04. The van der Waals surface area contributed by atoms with Crippen molar-refractivity contribution in [1.82, 2.24) is 0 Å². The molecule has 2 aromatic rings. The van der Waals surface area contributed by atoms with Crippen molar-refractivity contribution in [3.8, 4) is 11.8 Å². The number of methoxy groups -OCH3 is 1. The van der Waals surface area contributed by atoms with Crippen LogP contribution in [0.2, 0.25) is 0 Å². The van der Waals surface area contributed by atoms with Crippen LogP contribution in [0.15, 0.2) is 54.6 Å². The largest absolute Gasteiger partial charge is 0.507 e. The number of ether oxygens (including phenoxy) is 1. The lowest BCUT2D eigenvalue weighted by atomic mass is 9.92. The van der Waals surface area contributed by atoms with Gasteiger partial charge >= 0.3 is 5.97 Å². The first-order valence-electron chi connectivity index (χ1n) is 9.14. The van der Waals surface area contributed by atoms with Gasteiger partial charge in [0.2, 0.25) is 0 Å². The number of allylic oxidation sites excluding steroid dienone is 1. The summed E-state index contributed by atoms with van der Waals surface area (Å²) >= 11 is 0. The van der Waals surface area contributed by atoms with E-state index in [9.17, 15) is 9.90 Å². The Labute approximate surface area is 160 Å². The van der Waals surface area contributed by atoms with Gasteiger partial charge in [-0.2, -0.15) is 5.26 Å². The van der Waals surface area contributed by atoms with E-state index in [-0.39, 0.29) is 17.6 Å². The zero-order valence-corrected chi connectivity index (χ0v) is 15.6. The number of rotatable bonds is 9. The molecule has 4 nitrogen and oxygen atoms in total. The molecule has 0 saturated heterocycles. The first kappa shape index (κ1) is 20.3. The average Bonchev–Trinajstić information content (AvgIpc) is 2.70. The maximum atomic E-state index is 11.6. The van der Waals surface area contributed by atoms with Crippen LogP contribution in [-0.2, 0) is 11.2 Å². The number of esters is 1. The van der Waals surface area contributed by atoms with Crippen molar-refractivity contribution in [3.63, 3.8) is 0 Å². The van der Waals surface area contributed by atoms with Gasteiger partial charge in [0.05, 0.1) is 18.7 Å². The van der Waals surface area contributed by atoms with Crippen LogP contribution in [0.5, 0.6) is 5.75 Å². The Morgan fingerprint density at radius 3 is 2.59 bits per heavy atom. The highest BCUT2D eigenvalue weighted by molar-refractivity contribution is 5.89. The fourth-order valence-corrected chi connectivity index (χ4v) is 2.94. The molecular weight excluding hydrogens is 338 g/mol. The van der Waals surface area contributed by atoms with E-state index in [4.69, 9.17) is 10.00 Å². The van der Waals surface area contributed by atoms with E-state index in [1.54, 1.807) is 24.3 Å². The monoisotopic (exact) mass is 363 g/mol. The van der Waals surface area contributed by atoms with Gasteiger partial charge < -0.3 is 9.84 Å². The van der Waals surface area contributed by atoms with Crippen molar-refractivity contribution in [3.05, 3.63) is 71.3 Å². The number of hydrogen-bond acceptors (Lipinski definition) is 4. The Morgan fingerprint density at radius 2 is 1.93 bits per heavy atom. The molecule has 0 bridgehead atoms. The first-order chi connectivity index (χ1) is 13.1. The normalized spacial score (nSPS) is 11.9. The number of unbranched alkanes of at least 4 members (excludes halogenated alkanes) is 2. The van der Waals surface area contributed by atoms with Crippen LogP contribution in [-0.4, -0.2) is 18.2 Å². The van der Waals surface area contributed by atoms with Gasteiger partial charge in [0.1, 0.15) is 5.75 Å². The standard InChI is InChI=1S/C23H25NO3/c1-27-23(26)21-14-11-19(12-15-21)17-18(7-3-2-6-16-24)10-13-20-8-4-5-9-22(20)25/h4-5,8-15,18,25H,2-3,6-7,17H2,1H3. The average molecular weight is 363 g/mol. The smallest absolute Gasteiger partial charge is 0.337 e. The molecule has 0 aliphatic heterocycles. The lowest BCUT2D eigenvalue weighted by molar-refractivity contribution is 0.0600. The van der Waals surface area contributed by atoms with Gasteiger partial charge in [0.25, 0.3) is 0 Å². The molecule has 2 aromatic carbocycles. The summed E-state index contributed by atoms with van der Waals surface area (Å²) in [6.45, 7) is 0. The Morgan fingerprint density at radius 1 is 1.19 bits per heavy atom. The van der Waals surface area contributed by atoms with Crippen LogP contribution in [0, 0.1) is 17.2 Å². The summed E-state index contributed by atoms with van der Waals surface area (Å²) in [6.07, 6.45) is 8.30. The van der Waals surface area contributed by atoms with E-state index >= 15 is 0 Å². The minimum atomic E-state index is -0.339. The van der Waals surface area contributed by atoms with Crippen molar-refractivity contribution in [1.29, 1.82) is 5.26 Å². The van der Waals surface area contributed by atoms with Crippen molar-refractivity contribution in [2.75, 3.05) is 7.11 Å². The number of phenolic OH excluding ortho intramolecular Hbond substituents is 1. The number of para-hydroxylation sites is 1. The summed E-state index contributed by atoms with van der Waals surface area (Å²) in [5, 5.41) is 18.6. The van der Waals surface area contributed by atoms with Gasteiger partial charge in [-0.1, -0.05) is 48.9 Å². The third kappa shape index (κ3) is 6.63. The van der Waals surface area contributed by atoms with Crippen LogP contribution < -0.4 is 0 Å². The molecule has 0 aromatic heterocycles. The summed E-state index contributed by atoms with van der Waals surface area (Å²) < 4.78 is 4.73. The van der Waals surface area contributed by atoms with E-state index in [0.717, 1.165) is 36.8 Å². The highest BCUT2D eigenvalue weighted by atomic mass is 16.5. The molecule has 4 heteroatoms. The van der Waals surface area contributed by atoms with Crippen LogP contribution in [0.3, 0.4) is 0 Å². The van der Waals surface area contributed by atoms with Gasteiger partial charge in [-0.05, 0) is 48.9 Å². The summed E-state index contributed by atoms with van der Waals surface area (Å²) in [7, 11) is 1.37. The molecule has 140 valence electrons. The zero-order chi connectivity index (χ0) is 19.5. The molecule has 0 aliphatic carbocycles. The fourth-order valence-electron chi connectivity index (χ4n) is 2.94. The summed E-state index contributed by atoms with van der Waals surface area (Å²) in [5.41, 5.74) is 2.46. The minimum absolute atomic E-state index is 0.263. The van der Waals surface area contributed by atoms with Crippen molar-refractivity contribution in [2.24, 2.45) is 5.92 Å². The minimum Gasteiger partial charge on any atom is -0.507 e. The third-order valence-corrected chi connectivity index (χ3v) is 4.47. The van der Waals surface area contributed by atoms with Crippen LogP contribution in [0.1, 0.15) is 47.2 Å². The van der Waals surface area contributed by atoms with E-state index in [1.807, 2.05) is 30.3 Å². The predicted molar refractivity (Wildman–Crippen MR) is 106 cm³/mol. The first-order valence-corrected chi connectivity index (χ1v) is 9.14. The molecule has 0 spiro atoms. The van der Waals surface area contributed by atoms with Crippen molar-refractivity contribution >= 4 is 12.0 Å². The number of nitrogens with zero attached hydrogens (tertiary/aromatic N) is 1. The van der Waals surface area contributed by atoms with Gasteiger partial charge in [-0.3, -0.25) is 0 Å². The van der Waals surface area contributed by atoms with Gasteiger partial charge in [0, 0.05) is 12.0 Å². The number of hydrogen-bond donors (Lipinski definition) is 1. The molecule has 0 fully saturated rings. The van der Waals surface area contributed by atoms with Gasteiger partial charge in [-0.15, -0.1) is 0 Å². The number of carbonyl (C=O) groups excluding carboxylic acids is 1. The van der Waals surface area contributed by atoms with Crippen LogP contribution in [0.25, 0.3) is 6.08 Å². The van der Waals surface area contributed by atoms with E-state index in [1.165, 1.54) is 7.11 Å². The summed E-state index contributed by atoms with van der Waals surface area (Å²) in [4.78, 5) is 11.6. The number of nitriles is 1. The number of aromatic hydroxyl groups is 1. The molecule has 0 amide bonds. The highest BCUT2D eigenvalue weighted by Gasteiger charge is 2.09. The highest BCUT2D eigenvalue weighted by Crippen LogP contribution is 2.22. The second-order valence-electron chi connectivity index (χ2n) is 6.47. The molecule has 1 atom stereocenters. The summed E-state index contributed by atoms with van der Waals surface area (Å²) in [5.74, 6) is 0.209. The SMILES string of the molecule is COC(=O)c1ccc(CC(C=Cc2ccccc2O)CCCCC#N)cc1. The van der Waals surface area contributed by atoms with Crippen LogP contribution >= 0.6 is 0 Å². The molecule has 0 saturated carbocycles. The second-order valence-corrected chi connectivity index (χ2v) is 6.47. The second kappa shape index (κ2) is 10.8. The van der Waals surface area contributed by atoms with E-state index in [2.05, 4.69) is 12.1 Å². The Bertz CT molecular complexity index is 803. The van der Waals surface area contributed by atoms with Gasteiger partial charge in [-0.25, -0.2) is 4.79 Å². The number of carbonyl (C=O) groups is 1. The topological polar surface area (TPSA) is 70.3 Å². The molecule has 0 heterocycles. The van der Waals surface area contributed by atoms with Crippen LogP contribution in [0.4, 0.5) is 0 Å². The Hall–Kier alpha value is -3.06. The molecular formula is C23H25NO3. The Balaban J connectivity index is 2.08. The van der Waals surface area contributed by atoms with Gasteiger partial charge in [0.15, 0.2) is 0 Å². The Kier molecular flexibility index (Phi) is 8.12. The number of benzene rings is 2. The summed E-state index contributed by atoms with van der Waals surface area (Å²) in [6, 6.07) is 16.9. The third-order valence-electron chi connectivity index (χ3n) is 4.47. The molecule has 0 aliphatic rings. The van der Waals surface area contributed by atoms with E-state index < -0.39 is 0 Å². The molecule has 1 N–H and O–H groups in total. The van der Waals surface area contributed by atoms with Crippen molar-refractivity contribution in [2.45, 2.75) is 32.1 Å². The quantitative estimate of drug-likeness (QED) is 0.495. The maximum absolute atomic E-state index is 11.6. The molecule has 27 heavy (non-hydrogen) atoms. The fraction of sp³-hybridized carbons (Fsp3) is 0.304. The molecule has 0 radical (unpaired) electrons. The maximum Gasteiger partial charge on any atom is 0.337 e. The number of phenols is 1. The zero-order valence-electron chi connectivity index (χ0n) is 15.6. The molecule has 1 unspecified atom stereocenters.